The zero-order valence-corrected chi connectivity index (χ0v) is 13.4. The van der Waals surface area contributed by atoms with E-state index in [9.17, 15) is 18.0 Å². The lowest BCUT2D eigenvalue weighted by molar-refractivity contribution is -0.137. The monoisotopic (exact) mass is 337 g/mol. The van der Waals surface area contributed by atoms with Gasteiger partial charge in [-0.25, -0.2) is 0 Å². The predicted molar refractivity (Wildman–Crippen MR) is 84.7 cm³/mol. The number of hydrogen-bond donors (Lipinski definition) is 1. The van der Waals surface area contributed by atoms with Crippen molar-refractivity contribution in [1.82, 2.24) is 5.32 Å². The number of halogens is 3. The fourth-order valence-electron chi connectivity index (χ4n) is 2.44. The summed E-state index contributed by atoms with van der Waals surface area (Å²) in [6, 6.07) is 11.7. The topological polar surface area (TPSA) is 38.3 Å². The summed E-state index contributed by atoms with van der Waals surface area (Å²) in [5, 5.41) is 2.78. The van der Waals surface area contributed by atoms with Crippen LogP contribution >= 0.6 is 0 Å². The zero-order valence-electron chi connectivity index (χ0n) is 13.4. The van der Waals surface area contributed by atoms with Crippen molar-refractivity contribution >= 4 is 5.91 Å². The summed E-state index contributed by atoms with van der Waals surface area (Å²) in [4.78, 5) is 12.1. The summed E-state index contributed by atoms with van der Waals surface area (Å²) in [6.45, 7) is 1.79. The van der Waals surface area contributed by atoms with Gasteiger partial charge in [0.15, 0.2) is 0 Å². The number of alkyl halides is 3. The molecule has 0 spiro atoms. The second-order valence-electron chi connectivity index (χ2n) is 5.41. The SMILES string of the molecule is COc1ccccc1C(C)NC(=O)Cc1cccc(C(F)(F)F)c1. The van der Waals surface area contributed by atoms with Crippen molar-refractivity contribution in [3.63, 3.8) is 0 Å². The molecular weight excluding hydrogens is 319 g/mol. The average molecular weight is 337 g/mol. The van der Waals surface area contributed by atoms with Crippen molar-refractivity contribution < 1.29 is 22.7 Å². The minimum Gasteiger partial charge on any atom is -0.496 e. The highest BCUT2D eigenvalue weighted by Gasteiger charge is 2.30. The van der Waals surface area contributed by atoms with E-state index >= 15 is 0 Å². The largest absolute Gasteiger partial charge is 0.496 e. The normalized spacial score (nSPS) is 12.5. The lowest BCUT2D eigenvalue weighted by Crippen LogP contribution is -2.28. The number of para-hydroxylation sites is 1. The third-order valence-corrected chi connectivity index (χ3v) is 3.60. The molecule has 2 aromatic rings. The van der Waals surface area contributed by atoms with Crippen LogP contribution in [-0.2, 0) is 17.4 Å². The lowest BCUT2D eigenvalue weighted by atomic mass is 10.1. The molecule has 1 N–H and O–H groups in total. The van der Waals surface area contributed by atoms with Gasteiger partial charge in [-0.05, 0) is 24.6 Å². The van der Waals surface area contributed by atoms with Crippen LogP contribution in [0.4, 0.5) is 13.2 Å². The van der Waals surface area contributed by atoms with Crippen molar-refractivity contribution in [2.24, 2.45) is 0 Å². The molecule has 6 heteroatoms. The quantitative estimate of drug-likeness (QED) is 0.891. The van der Waals surface area contributed by atoms with Crippen molar-refractivity contribution in [3.8, 4) is 5.75 Å². The molecule has 0 radical (unpaired) electrons. The number of methoxy groups -OCH3 is 1. The first-order chi connectivity index (χ1) is 11.3. The van der Waals surface area contributed by atoms with Gasteiger partial charge in [0.05, 0.1) is 25.1 Å². The smallest absolute Gasteiger partial charge is 0.416 e. The van der Waals surface area contributed by atoms with E-state index in [4.69, 9.17) is 4.74 Å². The van der Waals surface area contributed by atoms with Crippen molar-refractivity contribution in [3.05, 3.63) is 65.2 Å². The van der Waals surface area contributed by atoms with Crippen LogP contribution < -0.4 is 10.1 Å². The first-order valence-electron chi connectivity index (χ1n) is 7.39. The Hall–Kier alpha value is -2.50. The summed E-state index contributed by atoms with van der Waals surface area (Å²) in [7, 11) is 1.54. The zero-order chi connectivity index (χ0) is 17.7. The maximum atomic E-state index is 12.7. The Morgan fingerprint density at radius 1 is 1.17 bits per heavy atom. The minimum absolute atomic E-state index is 0.122. The van der Waals surface area contributed by atoms with Gasteiger partial charge in [0.2, 0.25) is 5.91 Å². The van der Waals surface area contributed by atoms with E-state index in [2.05, 4.69) is 5.32 Å². The van der Waals surface area contributed by atoms with Gasteiger partial charge in [0, 0.05) is 5.56 Å². The molecule has 0 saturated carbocycles. The number of ether oxygens (including phenoxy) is 1. The standard InChI is InChI=1S/C18H18F3NO2/c1-12(15-8-3-4-9-16(15)24-2)22-17(23)11-13-6-5-7-14(10-13)18(19,20)21/h3-10,12H,11H2,1-2H3,(H,22,23). The molecule has 0 aliphatic rings. The van der Waals surface area contributed by atoms with Gasteiger partial charge in [-0.3, -0.25) is 4.79 Å². The van der Waals surface area contributed by atoms with Crippen molar-refractivity contribution in [2.75, 3.05) is 7.11 Å². The van der Waals surface area contributed by atoms with Crippen molar-refractivity contribution in [2.45, 2.75) is 25.6 Å². The van der Waals surface area contributed by atoms with Gasteiger partial charge in [-0.15, -0.1) is 0 Å². The Morgan fingerprint density at radius 3 is 2.54 bits per heavy atom. The maximum absolute atomic E-state index is 12.7. The molecule has 128 valence electrons. The second-order valence-corrected chi connectivity index (χ2v) is 5.41. The number of hydrogen-bond acceptors (Lipinski definition) is 2. The van der Waals surface area contributed by atoms with Crippen LogP contribution in [0.15, 0.2) is 48.5 Å². The Morgan fingerprint density at radius 2 is 1.88 bits per heavy atom. The highest BCUT2D eigenvalue weighted by atomic mass is 19.4. The molecule has 0 aliphatic heterocycles. The maximum Gasteiger partial charge on any atom is 0.416 e. The average Bonchev–Trinajstić information content (AvgIpc) is 2.54. The molecular formula is C18H18F3NO2. The molecule has 0 aromatic heterocycles. The fourth-order valence-corrected chi connectivity index (χ4v) is 2.44. The molecule has 1 atom stereocenters. The van der Waals surface area contributed by atoms with E-state index in [0.717, 1.165) is 17.7 Å². The van der Waals surface area contributed by atoms with E-state index in [0.29, 0.717) is 11.3 Å². The predicted octanol–water partition coefficient (Wildman–Crippen LogP) is 4.13. The molecule has 3 nitrogen and oxygen atoms in total. The van der Waals surface area contributed by atoms with Crippen LogP contribution in [0.3, 0.4) is 0 Å². The molecule has 0 heterocycles. The van der Waals surface area contributed by atoms with E-state index in [1.54, 1.807) is 13.0 Å². The fraction of sp³-hybridized carbons (Fsp3) is 0.278. The van der Waals surface area contributed by atoms with Gasteiger partial charge in [-0.1, -0.05) is 36.4 Å². The summed E-state index contributed by atoms with van der Waals surface area (Å²) in [6.07, 6.45) is -4.54. The van der Waals surface area contributed by atoms with Crippen LogP contribution in [-0.4, -0.2) is 13.0 Å². The number of carbonyl (C=O) groups excluding carboxylic acids is 1. The number of amides is 1. The van der Waals surface area contributed by atoms with Gasteiger partial charge < -0.3 is 10.1 Å². The van der Waals surface area contributed by atoms with Crippen LogP contribution in [0, 0.1) is 0 Å². The third-order valence-electron chi connectivity index (χ3n) is 3.60. The summed E-state index contributed by atoms with van der Waals surface area (Å²) < 4.78 is 43.4. The molecule has 0 bridgehead atoms. The summed E-state index contributed by atoms with van der Waals surface area (Å²) in [5.74, 6) is 0.289. The third kappa shape index (κ3) is 4.50. The Kier molecular flexibility index (Phi) is 5.49. The van der Waals surface area contributed by atoms with E-state index in [-0.39, 0.29) is 18.4 Å². The Labute approximate surface area is 138 Å². The summed E-state index contributed by atoms with van der Waals surface area (Å²) in [5.41, 5.74) is 0.359. The van der Waals surface area contributed by atoms with Crippen LogP contribution in [0.2, 0.25) is 0 Å². The van der Waals surface area contributed by atoms with E-state index in [1.807, 2.05) is 18.2 Å². The molecule has 2 rings (SSSR count). The first-order valence-corrected chi connectivity index (χ1v) is 7.39. The van der Waals surface area contributed by atoms with Crippen molar-refractivity contribution in [1.29, 1.82) is 0 Å². The van der Waals surface area contributed by atoms with Gasteiger partial charge in [0.1, 0.15) is 5.75 Å². The Balaban J connectivity index is 2.06. The number of nitrogens with one attached hydrogen (secondary N) is 1. The molecule has 0 fully saturated rings. The van der Waals surface area contributed by atoms with Gasteiger partial charge in [0.25, 0.3) is 0 Å². The van der Waals surface area contributed by atoms with Gasteiger partial charge in [-0.2, -0.15) is 13.2 Å². The first kappa shape index (κ1) is 17.8. The Bertz CT molecular complexity index is 713. The number of carbonyl (C=O) groups is 1. The van der Waals surface area contributed by atoms with Crippen LogP contribution in [0.1, 0.15) is 29.7 Å². The highest BCUT2D eigenvalue weighted by molar-refractivity contribution is 5.79. The lowest BCUT2D eigenvalue weighted by Gasteiger charge is -2.17. The van der Waals surface area contributed by atoms with Gasteiger partial charge >= 0.3 is 6.18 Å². The summed E-state index contributed by atoms with van der Waals surface area (Å²) >= 11 is 0. The van der Waals surface area contributed by atoms with E-state index < -0.39 is 11.7 Å². The number of rotatable bonds is 5. The molecule has 1 unspecified atom stereocenters. The molecule has 0 aliphatic carbocycles. The van der Waals surface area contributed by atoms with Crippen LogP contribution in [0.25, 0.3) is 0 Å². The molecule has 0 saturated heterocycles. The highest BCUT2D eigenvalue weighted by Crippen LogP contribution is 2.29. The second kappa shape index (κ2) is 7.38. The minimum atomic E-state index is -4.42. The number of benzene rings is 2. The molecule has 2 aromatic carbocycles. The van der Waals surface area contributed by atoms with Crippen LogP contribution in [0.5, 0.6) is 5.75 Å². The molecule has 24 heavy (non-hydrogen) atoms. The van der Waals surface area contributed by atoms with E-state index in [1.165, 1.54) is 19.2 Å². The molecule has 1 amide bonds.